The molecule has 1 heterocycles. The molecule has 0 saturated heterocycles. The first kappa shape index (κ1) is 21.3. The summed E-state index contributed by atoms with van der Waals surface area (Å²) in [5, 5.41) is 11.3. The normalized spacial score (nSPS) is 12.9. The molecule has 0 radical (unpaired) electrons. The van der Waals surface area contributed by atoms with Gasteiger partial charge in [0, 0.05) is 37.3 Å². The van der Waals surface area contributed by atoms with E-state index in [1.165, 1.54) is 23.4 Å². The number of thioether (sulfide) groups is 1. The van der Waals surface area contributed by atoms with Crippen molar-refractivity contribution in [3.8, 4) is 0 Å². The first-order chi connectivity index (χ1) is 12.9. The van der Waals surface area contributed by atoms with Crippen LogP contribution in [0, 0.1) is 19.7 Å². The molecule has 7 heteroatoms. The van der Waals surface area contributed by atoms with E-state index in [-0.39, 0.29) is 11.9 Å². The summed E-state index contributed by atoms with van der Waals surface area (Å²) in [5.74, 6) is 1.59. The minimum absolute atomic E-state index is 0.193. The molecule has 2 aromatic rings. The number of nitrogens with zero attached hydrogens (tertiary/aromatic N) is 3. The molecule has 0 aliphatic heterocycles. The maximum Gasteiger partial charge on any atom is 0.191 e. The number of rotatable bonds is 8. The minimum Gasteiger partial charge on any atom is -0.356 e. The highest BCUT2D eigenvalue weighted by molar-refractivity contribution is 7.99. The van der Waals surface area contributed by atoms with Gasteiger partial charge in [-0.15, -0.1) is 11.8 Å². The van der Waals surface area contributed by atoms with E-state index in [9.17, 15) is 4.39 Å². The summed E-state index contributed by atoms with van der Waals surface area (Å²) in [6.45, 7) is 7.16. The lowest BCUT2D eigenvalue weighted by Gasteiger charge is -2.18. The van der Waals surface area contributed by atoms with Crippen LogP contribution in [0.5, 0.6) is 0 Å². The molecule has 2 N–H and O–H groups in total. The van der Waals surface area contributed by atoms with Crippen LogP contribution in [-0.2, 0) is 13.5 Å². The third-order valence-electron chi connectivity index (χ3n) is 4.47. The van der Waals surface area contributed by atoms with Gasteiger partial charge in [-0.1, -0.05) is 0 Å². The quantitative estimate of drug-likeness (QED) is 0.313. The van der Waals surface area contributed by atoms with Gasteiger partial charge in [-0.05, 0) is 69.2 Å². The number of aryl methyl sites for hydroxylation is 2. The molecule has 0 fully saturated rings. The topological polar surface area (TPSA) is 54.2 Å². The van der Waals surface area contributed by atoms with Crippen LogP contribution in [0.1, 0.15) is 30.3 Å². The molecule has 0 spiro atoms. The van der Waals surface area contributed by atoms with Crippen molar-refractivity contribution in [2.45, 2.75) is 44.6 Å². The number of guanidine groups is 1. The summed E-state index contributed by atoms with van der Waals surface area (Å²) in [5.41, 5.74) is 3.59. The number of hydrogen-bond acceptors (Lipinski definition) is 3. The molecule has 27 heavy (non-hydrogen) atoms. The number of aromatic nitrogens is 2. The first-order valence-corrected chi connectivity index (χ1v) is 10.2. The Morgan fingerprint density at radius 1 is 1.30 bits per heavy atom. The van der Waals surface area contributed by atoms with E-state index in [0.29, 0.717) is 0 Å². The van der Waals surface area contributed by atoms with Gasteiger partial charge >= 0.3 is 0 Å². The second-order valence-corrected chi connectivity index (χ2v) is 7.85. The van der Waals surface area contributed by atoms with Gasteiger partial charge in [-0.2, -0.15) is 5.10 Å². The molecule has 5 nitrogen and oxygen atoms in total. The van der Waals surface area contributed by atoms with Gasteiger partial charge in [0.25, 0.3) is 0 Å². The number of aliphatic imine (C=N–C) groups is 1. The van der Waals surface area contributed by atoms with Crippen molar-refractivity contribution in [1.82, 2.24) is 20.4 Å². The van der Waals surface area contributed by atoms with Crippen molar-refractivity contribution < 1.29 is 4.39 Å². The molecular weight excluding hydrogens is 361 g/mol. The van der Waals surface area contributed by atoms with Gasteiger partial charge < -0.3 is 10.6 Å². The highest BCUT2D eigenvalue weighted by Crippen LogP contribution is 2.18. The van der Waals surface area contributed by atoms with E-state index >= 15 is 0 Å². The average Bonchev–Trinajstić information content (AvgIpc) is 2.88. The number of nitrogens with one attached hydrogen (secondary N) is 2. The molecule has 1 atom stereocenters. The van der Waals surface area contributed by atoms with Crippen molar-refractivity contribution in [3.63, 3.8) is 0 Å². The van der Waals surface area contributed by atoms with Crippen LogP contribution in [0.25, 0.3) is 0 Å². The summed E-state index contributed by atoms with van der Waals surface area (Å²) in [6, 6.07) is 6.89. The number of benzene rings is 1. The maximum absolute atomic E-state index is 12.9. The summed E-state index contributed by atoms with van der Waals surface area (Å²) >= 11 is 1.73. The standard InChI is InChI=1S/C20H30FN5S/c1-14(13-19-15(2)25-26(5)16(19)3)24-20(22-4)23-11-6-12-27-18-9-7-17(21)8-10-18/h7-10,14H,6,11-13H2,1-5H3,(H2,22,23,24). The molecule has 0 aliphatic carbocycles. The van der Waals surface area contributed by atoms with Crippen molar-refractivity contribution in [3.05, 3.63) is 47.0 Å². The lowest BCUT2D eigenvalue weighted by Crippen LogP contribution is -2.43. The van der Waals surface area contributed by atoms with Crippen molar-refractivity contribution in [1.29, 1.82) is 0 Å². The zero-order valence-electron chi connectivity index (χ0n) is 16.8. The second-order valence-electron chi connectivity index (χ2n) is 6.68. The SMILES string of the molecule is CN=C(NCCCSc1ccc(F)cc1)NC(C)Cc1c(C)nn(C)c1C. The Balaban J connectivity index is 1.71. The Kier molecular flexibility index (Phi) is 8.16. The fourth-order valence-electron chi connectivity index (χ4n) is 2.90. The Labute approximate surface area is 165 Å². The lowest BCUT2D eigenvalue weighted by atomic mass is 10.1. The molecule has 0 amide bonds. The van der Waals surface area contributed by atoms with Crippen LogP contribution in [0.2, 0.25) is 0 Å². The van der Waals surface area contributed by atoms with Crippen LogP contribution in [-0.4, -0.2) is 41.1 Å². The molecular formula is C20H30FN5S. The van der Waals surface area contributed by atoms with Gasteiger partial charge in [0.05, 0.1) is 5.69 Å². The van der Waals surface area contributed by atoms with Gasteiger partial charge in [0.15, 0.2) is 5.96 Å². The highest BCUT2D eigenvalue weighted by atomic mass is 32.2. The smallest absolute Gasteiger partial charge is 0.191 e. The Bertz CT molecular complexity index is 754. The molecule has 0 bridgehead atoms. The number of hydrogen-bond donors (Lipinski definition) is 2. The van der Waals surface area contributed by atoms with E-state index in [1.807, 2.05) is 23.9 Å². The van der Waals surface area contributed by atoms with E-state index in [2.05, 4.69) is 41.5 Å². The predicted molar refractivity (Wildman–Crippen MR) is 112 cm³/mol. The zero-order chi connectivity index (χ0) is 19.8. The monoisotopic (exact) mass is 391 g/mol. The van der Waals surface area contributed by atoms with Crippen LogP contribution >= 0.6 is 11.8 Å². The average molecular weight is 392 g/mol. The second kappa shape index (κ2) is 10.3. The van der Waals surface area contributed by atoms with Crippen LogP contribution in [0.15, 0.2) is 34.2 Å². The Hall–Kier alpha value is -2.02. The van der Waals surface area contributed by atoms with E-state index < -0.39 is 0 Å². The highest BCUT2D eigenvalue weighted by Gasteiger charge is 2.13. The van der Waals surface area contributed by atoms with Crippen molar-refractivity contribution in [2.24, 2.45) is 12.0 Å². The fraction of sp³-hybridized carbons (Fsp3) is 0.500. The lowest BCUT2D eigenvalue weighted by molar-refractivity contribution is 0.626. The van der Waals surface area contributed by atoms with Crippen LogP contribution < -0.4 is 10.6 Å². The Morgan fingerprint density at radius 3 is 2.59 bits per heavy atom. The summed E-state index contributed by atoms with van der Waals surface area (Å²) < 4.78 is 14.8. The molecule has 2 rings (SSSR count). The third kappa shape index (κ3) is 6.57. The van der Waals surface area contributed by atoms with Crippen LogP contribution in [0.4, 0.5) is 4.39 Å². The van der Waals surface area contributed by atoms with E-state index in [4.69, 9.17) is 0 Å². The van der Waals surface area contributed by atoms with Crippen molar-refractivity contribution in [2.75, 3.05) is 19.3 Å². The summed E-state index contributed by atoms with van der Waals surface area (Å²) in [7, 11) is 3.77. The molecule has 148 valence electrons. The Morgan fingerprint density at radius 2 is 2.00 bits per heavy atom. The van der Waals surface area contributed by atoms with Gasteiger partial charge in [0.2, 0.25) is 0 Å². The van der Waals surface area contributed by atoms with Gasteiger partial charge in [-0.3, -0.25) is 9.67 Å². The third-order valence-corrected chi connectivity index (χ3v) is 5.57. The molecule has 1 aromatic heterocycles. The predicted octanol–water partition coefficient (Wildman–Crippen LogP) is 3.45. The zero-order valence-corrected chi connectivity index (χ0v) is 17.7. The number of halogens is 1. The molecule has 0 aliphatic rings. The van der Waals surface area contributed by atoms with Gasteiger partial charge in [0.1, 0.15) is 5.82 Å². The first-order valence-electron chi connectivity index (χ1n) is 9.25. The molecule has 1 aromatic carbocycles. The largest absolute Gasteiger partial charge is 0.356 e. The van der Waals surface area contributed by atoms with E-state index in [1.54, 1.807) is 18.8 Å². The summed E-state index contributed by atoms with van der Waals surface area (Å²) in [4.78, 5) is 5.40. The molecule has 0 saturated carbocycles. The fourth-order valence-corrected chi connectivity index (χ4v) is 3.75. The summed E-state index contributed by atoms with van der Waals surface area (Å²) in [6.07, 6.45) is 1.91. The van der Waals surface area contributed by atoms with E-state index in [0.717, 1.165) is 41.7 Å². The van der Waals surface area contributed by atoms with Crippen molar-refractivity contribution >= 4 is 17.7 Å². The van der Waals surface area contributed by atoms with Crippen LogP contribution in [0.3, 0.4) is 0 Å². The molecule has 1 unspecified atom stereocenters. The van der Waals surface area contributed by atoms with Gasteiger partial charge in [-0.25, -0.2) is 4.39 Å². The maximum atomic E-state index is 12.9. The minimum atomic E-state index is -0.193.